The van der Waals surface area contributed by atoms with Gasteiger partial charge in [-0.15, -0.1) is 0 Å². The van der Waals surface area contributed by atoms with E-state index < -0.39 is 7.82 Å². The van der Waals surface area contributed by atoms with Crippen LogP contribution in [0.15, 0.2) is 0 Å². The predicted octanol–water partition coefficient (Wildman–Crippen LogP) is 7.90. The molecule has 0 aliphatic rings. The monoisotopic (exact) mass is 948 g/mol. The van der Waals surface area contributed by atoms with Crippen LogP contribution < -0.4 is 14.7 Å². The minimum absolute atomic E-state index is 0.315. The van der Waals surface area contributed by atoms with E-state index >= 15 is 0 Å². The number of unbranched alkanes of at least 4 members (excludes halogenated alkanes) is 15. The van der Waals surface area contributed by atoms with Crippen LogP contribution >= 0.6 is 7.82 Å². The predicted molar refractivity (Wildman–Crippen MR) is 272 cm³/mol. The highest BCUT2D eigenvalue weighted by molar-refractivity contribution is 7.40. The van der Waals surface area contributed by atoms with Gasteiger partial charge in [0.25, 0.3) is 0 Å². The zero-order valence-corrected chi connectivity index (χ0v) is 46.2. The third-order valence-electron chi connectivity index (χ3n) is 14.4. The van der Waals surface area contributed by atoms with Crippen LogP contribution in [-0.2, 0) is 4.57 Å². The molecule has 0 aromatic rings. The molecule has 0 radical (unpaired) electrons. The lowest BCUT2D eigenvalue weighted by Crippen LogP contribution is -2.49. The van der Waals surface area contributed by atoms with Crippen molar-refractivity contribution in [1.29, 1.82) is 0 Å². The average Bonchev–Trinajstić information content (AvgIpc) is 3.30. The van der Waals surface area contributed by atoms with Crippen molar-refractivity contribution in [3.63, 3.8) is 0 Å². The fourth-order valence-corrected chi connectivity index (χ4v) is 8.10. The highest BCUT2D eigenvalue weighted by Gasteiger charge is 2.21. The first-order chi connectivity index (χ1) is 30.4. The second kappa shape index (κ2) is 53.7. The molecule has 0 atom stereocenters. The summed E-state index contributed by atoms with van der Waals surface area (Å²) in [6, 6.07) is 0. The Balaban J connectivity index is -0.000000164. The Morgan fingerprint density at radius 3 is 0.562 bits per heavy atom. The van der Waals surface area contributed by atoms with Gasteiger partial charge in [0.1, 0.15) is 26.2 Å². The number of rotatable bonds is 36. The van der Waals surface area contributed by atoms with Crippen LogP contribution in [0.3, 0.4) is 0 Å². The van der Waals surface area contributed by atoms with Gasteiger partial charge in [-0.25, -0.2) is 0 Å². The van der Waals surface area contributed by atoms with E-state index in [1.54, 1.807) is 0 Å². The number of quaternary nitrogens is 4. The Labute approximate surface area is 400 Å². The van der Waals surface area contributed by atoms with Crippen molar-refractivity contribution in [1.82, 2.24) is 0 Å². The molecule has 0 amide bonds. The van der Waals surface area contributed by atoms with Gasteiger partial charge in [-0.3, -0.25) is 0 Å². The van der Waals surface area contributed by atoms with E-state index in [1.165, 1.54) is 96.3 Å². The zero-order valence-electron chi connectivity index (χ0n) is 45.3. The summed E-state index contributed by atoms with van der Waals surface area (Å²) in [4.78, 5) is 25.6. The van der Waals surface area contributed by atoms with Gasteiger partial charge in [0.2, 0.25) is 0 Å². The van der Waals surface area contributed by atoms with Gasteiger partial charge in [0.15, 0.2) is 0 Å². The highest BCUT2D eigenvalue weighted by Crippen LogP contribution is 2.14. The summed E-state index contributed by atoms with van der Waals surface area (Å²) in [5.41, 5.74) is 7.08. The molecule has 5 N–H and O–H groups in total. The number of hydrogen-bond acceptors (Lipinski definition) is 8. The third-order valence-corrected chi connectivity index (χ3v) is 14.4. The molecule has 396 valence electrons. The summed E-state index contributed by atoms with van der Waals surface area (Å²) in [6.07, 6.45) is 22.5. The normalized spacial score (nSPS) is 11.7. The molecule has 0 aromatic carbocycles. The summed E-state index contributed by atoms with van der Waals surface area (Å²) in [6.45, 7) is 47.6. The first-order valence-corrected chi connectivity index (χ1v) is 28.1. The van der Waals surface area contributed by atoms with E-state index in [0.29, 0.717) is 33.0 Å². The summed E-state index contributed by atoms with van der Waals surface area (Å²) in [5, 5.41) is 35.1. The van der Waals surface area contributed by atoms with Gasteiger partial charge in [-0.1, -0.05) is 110 Å². The Bertz CT molecular complexity index is 758. The second-order valence-electron chi connectivity index (χ2n) is 17.5. The zero-order chi connectivity index (χ0) is 50.7. The molecule has 0 saturated heterocycles. The summed E-state index contributed by atoms with van der Waals surface area (Å²) < 4.78 is 12.8. The van der Waals surface area contributed by atoms with Crippen molar-refractivity contribution in [2.24, 2.45) is 0 Å². The van der Waals surface area contributed by atoms with Gasteiger partial charge >= 0.3 is 0 Å². The van der Waals surface area contributed by atoms with E-state index in [2.05, 4.69) is 90.0 Å². The second-order valence-corrected chi connectivity index (χ2v) is 18.3. The number of hydrogen-bond donors (Lipinski definition) is 4. The van der Waals surface area contributed by atoms with E-state index in [1.807, 2.05) is 0 Å². The maximum absolute atomic E-state index is 8.78. The molecule has 0 aliphatic carbocycles. The van der Waals surface area contributed by atoms with Gasteiger partial charge in [-0.2, -0.15) is 14.4 Å². The number of aliphatic hydroxyl groups excluding tert-OH is 4. The lowest BCUT2D eigenvalue weighted by Gasteiger charge is -2.36. The molecular weight excluding hydrogens is 830 g/mol. The molecule has 64 heavy (non-hydrogen) atoms. The minimum Gasteiger partial charge on any atom is -0.822 e. The molecule has 0 bridgehead atoms. The Hall–Kier alpha value is -0.250. The topological polar surface area (TPSA) is 191 Å². The van der Waals surface area contributed by atoms with Crippen molar-refractivity contribution in [3.05, 3.63) is 5.73 Å². The maximum atomic E-state index is 8.78. The molecule has 0 rings (SSSR count). The smallest absolute Gasteiger partial charge is 0.102 e. The van der Waals surface area contributed by atoms with Gasteiger partial charge < -0.3 is 63.3 Å². The number of likely N-dealkylation sites (N-methyl/N-ethyl adjacent to an activating group) is 4. The molecule has 0 aliphatic heterocycles. The molecule has 0 saturated carbocycles. The van der Waals surface area contributed by atoms with Crippen molar-refractivity contribution in [2.45, 2.75) is 193 Å². The van der Waals surface area contributed by atoms with E-state index in [0.717, 1.165) is 129 Å². The van der Waals surface area contributed by atoms with Crippen molar-refractivity contribution >= 4 is 7.82 Å². The number of aliphatic hydroxyl groups is 4. The van der Waals surface area contributed by atoms with E-state index in [-0.39, 0.29) is 0 Å². The number of phosphoric acid groups is 1. The number of nitrogens with zero attached hydrogens (tertiary/aromatic N) is 4. The minimum atomic E-state index is -5.39. The van der Waals surface area contributed by atoms with E-state index in [9.17, 15) is 0 Å². The molecule has 0 spiro atoms. The van der Waals surface area contributed by atoms with Crippen molar-refractivity contribution in [2.75, 3.05) is 138 Å². The number of nitrogens with one attached hydrogen (secondary N) is 1. The third kappa shape index (κ3) is 49.6. The molecule has 14 heteroatoms. The molecule has 0 heterocycles. The van der Waals surface area contributed by atoms with Crippen LogP contribution in [0.5, 0.6) is 0 Å². The van der Waals surface area contributed by atoms with E-state index in [4.69, 9.17) is 45.4 Å². The largest absolute Gasteiger partial charge is 0.822 e. The fraction of sp³-hybridized carbons (Fsp3) is 1.00. The molecule has 0 unspecified atom stereocenters. The van der Waals surface area contributed by atoms with Gasteiger partial charge in [0.05, 0.1) is 105 Å². The fourth-order valence-electron chi connectivity index (χ4n) is 8.10. The standard InChI is InChI=1S/C18H38N.4C8H20NO.H3O4P/c1-2-3-4-5-6-7-8-9-10-11-12-13-14-15-16-17-18-19;4*1-4-9(5-2,6-3)7-8-10;1-5(2,3)4/h19H,2-18H2,1H3;4*10H,4-8H2,1-3H3;(H3,1,2,3,4)/q-1;4*+1;/p-3. The van der Waals surface area contributed by atoms with Crippen LogP contribution in [0.2, 0.25) is 0 Å². The van der Waals surface area contributed by atoms with Crippen LogP contribution in [0.25, 0.3) is 5.73 Å². The lowest BCUT2D eigenvalue weighted by molar-refractivity contribution is -0.923. The van der Waals surface area contributed by atoms with Crippen LogP contribution in [-0.4, -0.2) is 176 Å². The SMILES string of the molecule is CCCCCCCCCCCCCCCCCC[NH-].CC[N+](CC)(CC)CCO.CC[N+](CC)(CC)CCO.CC[N+](CC)(CC)CCO.CC[N+](CC)(CC)CCO.O=P([O-])([O-])[O-]. The molecule has 0 fully saturated rings. The Kier molecular flexibility index (Phi) is 63.2. The highest BCUT2D eigenvalue weighted by atomic mass is 31.2. The van der Waals surface area contributed by atoms with Gasteiger partial charge in [-0.05, 0) is 83.1 Å². The quantitative estimate of drug-likeness (QED) is 0.0277. The van der Waals surface area contributed by atoms with Crippen LogP contribution in [0.1, 0.15) is 193 Å². The summed E-state index contributed by atoms with van der Waals surface area (Å²) >= 11 is 0. The first kappa shape index (κ1) is 75.3. The van der Waals surface area contributed by atoms with Crippen LogP contribution in [0.4, 0.5) is 0 Å². The lowest BCUT2D eigenvalue weighted by atomic mass is 10.0. The first-order valence-electron chi connectivity index (χ1n) is 26.6. The molecule has 0 aromatic heterocycles. The van der Waals surface area contributed by atoms with Gasteiger partial charge in [0, 0.05) is 0 Å². The average molecular weight is 948 g/mol. The van der Waals surface area contributed by atoms with Crippen molar-refractivity contribution in [3.8, 4) is 0 Å². The maximum Gasteiger partial charge on any atom is 0.102 e. The Morgan fingerprint density at radius 1 is 0.328 bits per heavy atom. The van der Waals surface area contributed by atoms with Crippen LogP contribution in [0, 0.1) is 0 Å². The molecular formula is C50H118N5O8P. The Morgan fingerprint density at radius 2 is 0.469 bits per heavy atom. The summed E-state index contributed by atoms with van der Waals surface area (Å²) in [7, 11) is -5.39. The summed E-state index contributed by atoms with van der Waals surface area (Å²) in [5.74, 6) is 0. The van der Waals surface area contributed by atoms with Crippen molar-refractivity contribution < 1.29 is 57.6 Å². The molecule has 13 nitrogen and oxygen atoms in total.